The van der Waals surface area contributed by atoms with Gasteiger partial charge in [-0.3, -0.25) is 9.69 Å². The molecule has 6 nitrogen and oxygen atoms in total. The molecule has 0 spiro atoms. The normalized spacial score (nSPS) is 22.5. The maximum atomic E-state index is 11.6. The Morgan fingerprint density at radius 1 is 1.19 bits per heavy atom. The average molecular weight is 354 g/mol. The van der Waals surface area contributed by atoms with E-state index in [1.807, 2.05) is 29.3 Å². The summed E-state index contributed by atoms with van der Waals surface area (Å²) in [7, 11) is 0. The van der Waals surface area contributed by atoms with Crippen molar-refractivity contribution in [2.45, 2.75) is 31.8 Å². The number of benzene rings is 1. The first-order valence-electron chi connectivity index (χ1n) is 9.41. The number of rotatable bonds is 3. The van der Waals surface area contributed by atoms with E-state index in [0.717, 1.165) is 56.2 Å². The van der Waals surface area contributed by atoms with Gasteiger partial charge in [-0.05, 0) is 18.4 Å². The number of carbonyl (C=O) groups excluding carboxylic acids is 1. The van der Waals surface area contributed by atoms with E-state index in [1.165, 1.54) is 0 Å². The largest absolute Gasteiger partial charge is 0.378 e. The number of piperidine rings is 1. The highest BCUT2D eigenvalue weighted by Crippen LogP contribution is 2.30. The summed E-state index contributed by atoms with van der Waals surface area (Å²) >= 11 is 0. The molecule has 0 unspecified atom stereocenters. The molecule has 0 radical (unpaired) electrons. The monoisotopic (exact) mass is 354 g/mol. The number of aromatic nitrogens is 2. The first-order chi connectivity index (χ1) is 12.7. The third-order valence-electron chi connectivity index (χ3n) is 5.54. The molecule has 6 heteroatoms. The quantitative estimate of drug-likeness (QED) is 0.920. The van der Waals surface area contributed by atoms with Crippen molar-refractivity contribution in [1.82, 2.24) is 19.8 Å². The van der Waals surface area contributed by atoms with Gasteiger partial charge in [0, 0.05) is 32.6 Å². The Morgan fingerprint density at radius 3 is 2.69 bits per heavy atom. The molecule has 0 saturated carbocycles. The van der Waals surface area contributed by atoms with Crippen LogP contribution in [-0.4, -0.2) is 64.6 Å². The Morgan fingerprint density at radius 2 is 1.96 bits per heavy atom. The highest BCUT2D eigenvalue weighted by Gasteiger charge is 2.34. The summed E-state index contributed by atoms with van der Waals surface area (Å²) in [5.41, 5.74) is 2.18. The molecule has 0 aliphatic carbocycles. The van der Waals surface area contributed by atoms with E-state index in [9.17, 15) is 4.79 Å². The summed E-state index contributed by atoms with van der Waals surface area (Å²) in [6.45, 7) is 5.68. The van der Waals surface area contributed by atoms with Crippen molar-refractivity contribution in [3.05, 3.63) is 42.4 Å². The molecule has 2 aromatic rings. The highest BCUT2D eigenvalue weighted by atomic mass is 16.5. The lowest BCUT2D eigenvalue weighted by Gasteiger charge is -2.43. The third kappa shape index (κ3) is 3.52. The average Bonchev–Trinajstić information content (AvgIpc) is 3.19. The van der Waals surface area contributed by atoms with Crippen LogP contribution < -0.4 is 0 Å². The summed E-state index contributed by atoms with van der Waals surface area (Å²) in [5.74, 6) is 1.15. The van der Waals surface area contributed by atoms with Gasteiger partial charge >= 0.3 is 0 Å². The molecule has 2 fully saturated rings. The first kappa shape index (κ1) is 17.2. The van der Waals surface area contributed by atoms with Crippen LogP contribution in [0.5, 0.6) is 0 Å². The lowest BCUT2D eigenvalue weighted by Crippen LogP contribution is -2.51. The fraction of sp³-hybridized carbons (Fsp3) is 0.500. The molecule has 1 N–H and O–H groups in total. The summed E-state index contributed by atoms with van der Waals surface area (Å²) in [6, 6.07) is 10.9. The number of ether oxygens (including phenoxy) is 1. The molecule has 26 heavy (non-hydrogen) atoms. The molecule has 4 rings (SSSR count). The van der Waals surface area contributed by atoms with Gasteiger partial charge in [0.15, 0.2) is 0 Å². The second-order valence-electron chi connectivity index (χ2n) is 7.11. The van der Waals surface area contributed by atoms with Crippen molar-refractivity contribution < 1.29 is 9.53 Å². The Kier molecular flexibility index (Phi) is 5.04. The Balaban J connectivity index is 1.50. The van der Waals surface area contributed by atoms with Crippen LogP contribution >= 0.6 is 0 Å². The summed E-state index contributed by atoms with van der Waals surface area (Å²) in [5, 5.41) is 0. The van der Waals surface area contributed by atoms with Gasteiger partial charge in [-0.25, -0.2) is 4.98 Å². The van der Waals surface area contributed by atoms with Gasteiger partial charge in [0.1, 0.15) is 5.82 Å². The predicted octanol–water partition coefficient (Wildman–Crippen LogP) is 2.46. The number of nitrogens with one attached hydrogen (secondary N) is 1. The number of imidazole rings is 1. The number of H-pyrrole nitrogens is 1. The maximum Gasteiger partial charge on any atom is 0.219 e. The zero-order chi connectivity index (χ0) is 17.9. The summed E-state index contributed by atoms with van der Waals surface area (Å²) < 4.78 is 5.77. The van der Waals surface area contributed by atoms with E-state index >= 15 is 0 Å². The lowest BCUT2D eigenvalue weighted by atomic mass is 10.00. The van der Waals surface area contributed by atoms with Crippen LogP contribution in [0.4, 0.5) is 0 Å². The highest BCUT2D eigenvalue weighted by molar-refractivity contribution is 5.73. The van der Waals surface area contributed by atoms with E-state index in [1.54, 1.807) is 6.92 Å². The van der Waals surface area contributed by atoms with Gasteiger partial charge in [0.2, 0.25) is 5.91 Å². The van der Waals surface area contributed by atoms with Crippen LogP contribution in [-0.2, 0) is 9.53 Å². The summed E-state index contributed by atoms with van der Waals surface area (Å²) in [4.78, 5) is 24.2. The van der Waals surface area contributed by atoms with Gasteiger partial charge in [0.05, 0.1) is 31.1 Å². The molecule has 1 aromatic carbocycles. The number of likely N-dealkylation sites (tertiary alicyclic amines) is 1. The van der Waals surface area contributed by atoms with Gasteiger partial charge in [0.25, 0.3) is 0 Å². The minimum Gasteiger partial charge on any atom is -0.378 e. The molecule has 2 aliphatic heterocycles. The second-order valence-corrected chi connectivity index (χ2v) is 7.11. The number of nitrogens with zero attached hydrogens (tertiary/aromatic N) is 3. The van der Waals surface area contributed by atoms with E-state index in [2.05, 4.69) is 27.0 Å². The molecule has 1 amide bonds. The van der Waals surface area contributed by atoms with Gasteiger partial charge < -0.3 is 14.6 Å². The molecule has 2 aliphatic rings. The van der Waals surface area contributed by atoms with Crippen LogP contribution in [0.2, 0.25) is 0 Å². The standard InChI is InChI=1S/C20H26N4O2/c1-15(25)23-9-7-17(8-10-23)24-11-12-26-14-19(24)20-21-13-18(22-20)16-5-3-2-4-6-16/h2-6,13,17,19H,7-12,14H2,1H3,(H,21,22)/t19-/m0/s1. The number of hydrogen-bond acceptors (Lipinski definition) is 4. The van der Waals surface area contributed by atoms with Crippen LogP contribution in [0, 0.1) is 0 Å². The molecule has 2 saturated heterocycles. The Labute approximate surface area is 154 Å². The van der Waals surface area contributed by atoms with E-state index in [0.29, 0.717) is 12.6 Å². The topological polar surface area (TPSA) is 61.5 Å². The molecule has 0 bridgehead atoms. The van der Waals surface area contributed by atoms with Crippen molar-refractivity contribution in [1.29, 1.82) is 0 Å². The molecular weight excluding hydrogens is 328 g/mol. The van der Waals surface area contributed by atoms with Gasteiger partial charge in [-0.1, -0.05) is 30.3 Å². The minimum atomic E-state index is 0.148. The zero-order valence-electron chi connectivity index (χ0n) is 15.2. The predicted molar refractivity (Wildman–Crippen MR) is 99.6 cm³/mol. The van der Waals surface area contributed by atoms with Crippen molar-refractivity contribution in [3.8, 4) is 11.3 Å². The minimum absolute atomic E-state index is 0.148. The Hall–Kier alpha value is -2.18. The van der Waals surface area contributed by atoms with E-state index in [4.69, 9.17) is 4.74 Å². The van der Waals surface area contributed by atoms with Crippen LogP contribution in [0.25, 0.3) is 11.3 Å². The summed E-state index contributed by atoms with van der Waals surface area (Å²) in [6.07, 6.45) is 3.94. The molecule has 138 valence electrons. The molecule has 3 heterocycles. The molecular formula is C20H26N4O2. The van der Waals surface area contributed by atoms with Crippen LogP contribution in [0.1, 0.15) is 31.6 Å². The third-order valence-corrected chi connectivity index (χ3v) is 5.54. The lowest BCUT2D eigenvalue weighted by molar-refractivity contribution is -0.131. The van der Waals surface area contributed by atoms with Crippen molar-refractivity contribution in [2.75, 3.05) is 32.8 Å². The zero-order valence-corrected chi connectivity index (χ0v) is 15.2. The number of hydrogen-bond donors (Lipinski definition) is 1. The molecule has 1 atom stereocenters. The van der Waals surface area contributed by atoms with Crippen molar-refractivity contribution >= 4 is 5.91 Å². The second kappa shape index (κ2) is 7.60. The van der Waals surface area contributed by atoms with E-state index < -0.39 is 0 Å². The number of aromatic amines is 1. The van der Waals surface area contributed by atoms with Crippen LogP contribution in [0.3, 0.4) is 0 Å². The Bertz CT molecular complexity index is 737. The maximum absolute atomic E-state index is 11.6. The molecule has 1 aromatic heterocycles. The number of carbonyl (C=O) groups is 1. The van der Waals surface area contributed by atoms with Gasteiger partial charge in [-0.2, -0.15) is 0 Å². The van der Waals surface area contributed by atoms with Gasteiger partial charge in [-0.15, -0.1) is 0 Å². The fourth-order valence-electron chi connectivity index (χ4n) is 4.07. The van der Waals surface area contributed by atoms with E-state index in [-0.39, 0.29) is 11.9 Å². The SMILES string of the molecule is CC(=O)N1CCC(N2CCOC[C@H]2c2ncc(-c3ccccc3)[nH]2)CC1. The van der Waals surface area contributed by atoms with Crippen LogP contribution in [0.15, 0.2) is 36.5 Å². The van der Waals surface area contributed by atoms with Crippen molar-refractivity contribution in [2.24, 2.45) is 0 Å². The first-order valence-corrected chi connectivity index (χ1v) is 9.41. The van der Waals surface area contributed by atoms with Crippen molar-refractivity contribution in [3.63, 3.8) is 0 Å². The smallest absolute Gasteiger partial charge is 0.219 e. The number of morpholine rings is 1. The fourth-order valence-corrected chi connectivity index (χ4v) is 4.07. The number of amides is 1.